The summed E-state index contributed by atoms with van der Waals surface area (Å²) in [5.74, 6) is -1.26. The van der Waals surface area contributed by atoms with Gasteiger partial charge in [-0.15, -0.1) is 0 Å². The standard InChI is InChI=1S/C41H42F2N2O6/c1-26(2)45-36(22-19-33(46)23-34(47)24-37(48)50-3)38(28-9-13-30(42)14-10-28)39(29-11-15-31(43)16-12-29)40(45)41(49)44-32-17-20-35(21-18-32)51-25-27-7-5-4-6-8-27/h4-18,20-21,26,33-34,46-47H,19,22-25H2,1-3H3,(H,44,49)/t33-,34-/m1/s1. The zero-order valence-electron chi connectivity index (χ0n) is 28.8. The summed E-state index contributed by atoms with van der Waals surface area (Å²) in [6, 6.07) is 28.3. The number of aromatic nitrogens is 1. The molecular weight excluding hydrogens is 654 g/mol. The summed E-state index contributed by atoms with van der Waals surface area (Å²) in [6.45, 7) is 4.25. The number of benzene rings is 4. The van der Waals surface area contributed by atoms with Crippen molar-refractivity contribution in [2.24, 2.45) is 0 Å². The van der Waals surface area contributed by atoms with E-state index in [-0.39, 0.29) is 31.7 Å². The lowest BCUT2D eigenvalue weighted by atomic mass is 9.92. The molecule has 266 valence electrons. The third-order valence-electron chi connectivity index (χ3n) is 8.55. The number of methoxy groups -OCH3 is 1. The van der Waals surface area contributed by atoms with Crippen LogP contribution in [0.3, 0.4) is 0 Å². The number of aliphatic hydroxyl groups is 2. The van der Waals surface area contributed by atoms with E-state index in [0.717, 1.165) is 5.56 Å². The van der Waals surface area contributed by atoms with Crippen molar-refractivity contribution in [3.8, 4) is 28.0 Å². The average Bonchev–Trinajstić information content (AvgIpc) is 3.47. The number of hydrogen-bond donors (Lipinski definition) is 3. The van der Waals surface area contributed by atoms with E-state index in [1.807, 2.05) is 48.7 Å². The first-order valence-electron chi connectivity index (χ1n) is 16.8. The van der Waals surface area contributed by atoms with Crippen molar-refractivity contribution in [3.63, 3.8) is 0 Å². The van der Waals surface area contributed by atoms with Crippen LogP contribution in [0.4, 0.5) is 14.5 Å². The van der Waals surface area contributed by atoms with Gasteiger partial charge in [-0.2, -0.15) is 0 Å². The van der Waals surface area contributed by atoms with Crippen LogP contribution in [-0.4, -0.2) is 46.0 Å². The third kappa shape index (κ3) is 9.48. The van der Waals surface area contributed by atoms with E-state index in [2.05, 4.69) is 10.1 Å². The van der Waals surface area contributed by atoms with Crippen LogP contribution in [0.5, 0.6) is 5.75 Å². The van der Waals surface area contributed by atoms with Crippen LogP contribution in [0.1, 0.15) is 60.9 Å². The molecule has 0 aliphatic heterocycles. The van der Waals surface area contributed by atoms with Crippen molar-refractivity contribution in [1.29, 1.82) is 0 Å². The highest BCUT2D eigenvalue weighted by Gasteiger charge is 2.31. The van der Waals surface area contributed by atoms with Crippen LogP contribution in [-0.2, 0) is 22.6 Å². The molecule has 2 atom stereocenters. The molecule has 3 N–H and O–H groups in total. The second kappa shape index (κ2) is 17.1. The molecule has 10 heteroatoms. The fraction of sp³-hybridized carbons (Fsp3) is 0.268. The molecule has 0 fully saturated rings. The number of esters is 1. The van der Waals surface area contributed by atoms with Crippen LogP contribution < -0.4 is 10.1 Å². The van der Waals surface area contributed by atoms with Gasteiger partial charge in [-0.1, -0.05) is 54.6 Å². The summed E-state index contributed by atoms with van der Waals surface area (Å²) in [4.78, 5) is 26.1. The number of ether oxygens (including phenoxy) is 2. The molecule has 4 aromatic carbocycles. The van der Waals surface area contributed by atoms with E-state index >= 15 is 0 Å². The molecule has 1 aromatic heterocycles. The Kier molecular flexibility index (Phi) is 12.4. The number of rotatable bonds is 15. The first-order valence-corrected chi connectivity index (χ1v) is 16.8. The van der Waals surface area contributed by atoms with Gasteiger partial charge in [-0.25, -0.2) is 8.78 Å². The predicted octanol–water partition coefficient (Wildman–Crippen LogP) is 8.12. The van der Waals surface area contributed by atoms with Gasteiger partial charge in [0.25, 0.3) is 5.91 Å². The lowest BCUT2D eigenvalue weighted by molar-refractivity contribution is -0.143. The minimum Gasteiger partial charge on any atom is -0.489 e. The van der Waals surface area contributed by atoms with E-state index in [0.29, 0.717) is 51.7 Å². The van der Waals surface area contributed by atoms with Gasteiger partial charge in [0.05, 0.1) is 25.7 Å². The molecule has 0 saturated heterocycles. The smallest absolute Gasteiger partial charge is 0.308 e. The molecule has 0 spiro atoms. The minimum atomic E-state index is -1.10. The van der Waals surface area contributed by atoms with E-state index in [4.69, 9.17) is 4.74 Å². The monoisotopic (exact) mass is 696 g/mol. The number of carbonyl (C=O) groups excluding carboxylic acids is 2. The molecule has 1 amide bonds. The van der Waals surface area contributed by atoms with Gasteiger partial charge in [0.1, 0.15) is 29.7 Å². The fourth-order valence-electron chi connectivity index (χ4n) is 6.16. The largest absolute Gasteiger partial charge is 0.489 e. The van der Waals surface area contributed by atoms with Gasteiger partial charge in [0, 0.05) is 28.6 Å². The SMILES string of the molecule is COC(=O)C[C@H](O)C[C@H](O)CCc1c(-c2ccc(F)cc2)c(-c2ccc(F)cc2)c(C(=O)Nc2ccc(OCc3ccccc3)cc2)n1C(C)C. The Balaban J connectivity index is 1.54. The van der Waals surface area contributed by atoms with Gasteiger partial charge < -0.3 is 29.6 Å². The van der Waals surface area contributed by atoms with Crippen molar-refractivity contribution in [1.82, 2.24) is 4.57 Å². The summed E-state index contributed by atoms with van der Waals surface area (Å²) in [5.41, 5.74) is 4.88. The first kappa shape index (κ1) is 36.9. The number of halogens is 2. The Hall–Kier alpha value is -5.32. The summed E-state index contributed by atoms with van der Waals surface area (Å²) in [6.07, 6.45) is -1.98. The summed E-state index contributed by atoms with van der Waals surface area (Å²) >= 11 is 0. The summed E-state index contributed by atoms with van der Waals surface area (Å²) < 4.78 is 40.8. The number of hydrogen-bond acceptors (Lipinski definition) is 6. The second-order valence-electron chi connectivity index (χ2n) is 12.6. The summed E-state index contributed by atoms with van der Waals surface area (Å²) in [5, 5.41) is 24.3. The third-order valence-corrected chi connectivity index (χ3v) is 8.55. The van der Waals surface area contributed by atoms with Crippen LogP contribution in [0.2, 0.25) is 0 Å². The molecule has 5 rings (SSSR count). The molecule has 0 bridgehead atoms. The lowest BCUT2D eigenvalue weighted by Gasteiger charge is -2.20. The fourth-order valence-corrected chi connectivity index (χ4v) is 6.16. The molecule has 0 radical (unpaired) electrons. The number of aliphatic hydroxyl groups excluding tert-OH is 2. The van der Waals surface area contributed by atoms with Crippen LogP contribution in [0, 0.1) is 11.6 Å². The molecule has 51 heavy (non-hydrogen) atoms. The Morgan fingerprint density at radius 3 is 1.94 bits per heavy atom. The van der Waals surface area contributed by atoms with Crippen molar-refractivity contribution in [2.75, 3.05) is 12.4 Å². The van der Waals surface area contributed by atoms with Crippen LogP contribution in [0.15, 0.2) is 103 Å². The number of amides is 1. The first-order chi connectivity index (χ1) is 24.5. The number of nitrogens with zero attached hydrogens (tertiary/aromatic N) is 1. The van der Waals surface area contributed by atoms with E-state index in [9.17, 15) is 28.6 Å². The van der Waals surface area contributed by atoms with Gasteiger partial charge in [0.2, 0.25) is 0 Å². The zero-order chi connectivity index (χ0) is 36.5. The van der Waals surface area contributed by atoms with Crippen molar-refractivity contribution in [2.45, 2.75) is 64.4 Å². The maximum Gasteiger partial charge on any atom is 0.308 e. The Labute approximate surface area is 296 Å². The molecule has 0 aliphatic carbocycles. The Bertz CT molecular complexity index is 1910. The lowest BCUT2D eigenvalue weighted by Crippen LogP contribution is -2.23. The Morgan fingerprint density at radius 1 is 0.784 bits per heavy atom. The van der Waals surface area contributed by atoms with Crippen molar-refractivity contribution in [3.05, 3.63) is 132 Å². The quantitative estimate of drug-likeness (QED) is 0.0955. The van der Waals surface area contributed by atoms with Crippen LogP contribution in [0.25, 0.3) is 22.3 Å². The molecule has 5 aromatic rings. The van der Waals surface area contributed by atoms with E-state index in [1.165, 1.54) is 31.4 Å². The molecule has 0 saturated carbocycles. The van der Waals surface area contributed by atoms with Crippen molar-refractivity contribution < 1.29 is 38.1 Å². The predicted molar refractivity (Wildman–Crippen MR) is 192 cm³/mol. The maximum absolute atomic E-state index is 14.4. The highest BCUT2D eigenvalue weighted by atomic mass is 19.1. The topological polar surface area (TPSA) is 110 Å². The van der Waals surface area contributed by atoms with Gasteiger partial charge in [-0.3, -0.25) is 9.59 Å². The maximum atomic E-state index is 14.4. The normalized spacial score (nSPS) is 12.4. The van der Waals surface area contributed by atoms with Gasteiger partial charge in [0.15, 0.2) is 0 Å². The Morgan fingerprint density at radius 2 is 1.37 bits per heavy atom. The molecule has 0 unspecified atom stereocenters. The van der Waals surface area contributed by atoms with Crippen molar-refractivity contribution >= 4 is 17.6 Å². The average molecular weight is 697 g/mol. The molecule has 1 heterocycles. The van der Waals surface area contributed by atoms with Crippen LogP contribution >= 0.6 is 0 Å². The highest BCUT2D eigenvalue weighted by molar-refractivity contribution is 6.11. The van der Waals surface area contributed by atoms with E-state index in [1.54, 1.807) is 48.5 Å². The molecule has 8 nitrogen and oxygen atoms in total. The number of nitrogens with one attached hydrogen (secondary N) is 1. The highest BCUT2D eigenvalue weighted by Crippen LogP contribution is 2.43. The van der Waals surface area contributed by atoms with E-state index < -0.39 is 35.7 Å². The molecular formula is C41H42F2N2O6. The molecule has 0 aliphatic rings. The minimum absolute atomic E-state index is 0.0629. The number of anilines is 1. The summed E-state index contributed by atoms with van der Waals surface area (Å²) in [7, 11) is 1.23. The number of carbonyl (C=O) groups is 2. The van der Waals surface area contributed by atoms with Gasteiger partial charge in [-0.05, 0) is 98.3 Å². The second-order valence-corrected chi connectivity index (χ2v) is 12.6. The zero-order valence-corrected chi connectivity index (χ0v) is 28.8. The van der Waals surface area contributed by atoms with Gasteiger partial charge >= 0.3 is 5.97 Å².